The Labute approximate surface area is 166 Å². The third-order valence-corrected chi connectivity index (χ3v) is 5.47. The first kappa shape index (κ1) is 17.9. The van der Waals surface area contributed by atoms with Crippen LogP contribution in [0.3, 0.4) is 0 Å². The van der Waals surface area contributed by atoms with Gasteiger partial charge in [0, 0.05) is 42.9 Å². The summed E-state index contributed by atoms with van der Waals surface area (Å²) >= 11 is 0. The van der Waals surface area contributed by atoms with E-state index in [1.807, 2.05) is 6.20 Å². The molecule has 1 N–H and O–H groups in total. The molecule has 1 atom stereocenters. The van der Waals surface area contributed by atoms with E-state index in [2.05, 4.69) is 15.5 Å². The quantitative estimate of drug-likeness (QED) is 0.737. The lowest BCUT2D eigenvalue weighted by Crippen LogP contribution is -2.36. The Hall–Kier alpha value is -3.13. The van der Waals surface area contributed by atoms with Crippen LogP contribution in [0.2, 0.25) is 0 Å². The van der Waals surface area contributed by atoms with Crippen LogP contribution in [0.5, 0.6) is 0 Å². The van der Waals surface area contributed by atoms with Gasteiger partial charge in [-0.2, -0.15) is 0 Å². The van der Waals surface area contributed by atoms with E-state index in [0.29, 0.717) is 30.8 Å². The molecule has 148 valence electrons. The van der Waals surface area contributed by atoms with Crippen LogP contribution in [-0.4, -0.2) is 39.0 Å². The van der Waals surface area contributed by atoms with Crippen LogP contribution in [0.1, 0.15) is 46.5 Å². The van der Waals surface area contributed by atoms with Crippen LogP contribution in [0, 0.1) is 5.82 Å². The van der Waals surface area contributed by atoms with Gasteiger partial charge in [-0.1, -0.05) is 5.16 Å². The molecule has 1 saturated heterocycles. The highest BCUT2D eigenvalue weighted by Crippen LogP contribution is 2.25. The number of halogens is 1. The summed E-state index contributed by atoms with van der Waals surface area (Å²) in [5.74, 6) is 0.466. The molecular weight excluding hydrogens is 373 g/mol. The number of fused-ring (bicyclic) bond motifs is 1. The minimum atomic E-state index is -0.324. The standard InChI is InChI=1S/C21H20FN5O2/c22-15-5-3-13(4-6-15)18-10-19(29-26-18)21(28)27-9-7-16-14(12-27)11-24-20(25-16)17-2-1-8-23-17/h3-6,10-11,17,23H,1-2,7-9,12H2/t17-/m0/s1. The number of hydrogen-bond donors (Lipinski definition) is 1. The van der Waals surface area contributed by atoms with Gasteiger partial charge in [0.2, 0.25) is 5.76 Å². The monoisotopic (exact) mass is 393 g/mol. The van der Waals surface area contributed by atoms with Crippen molar-refractivity contribution in [1.29, 1.82) is 0 Å². The van der Waals surface area contributed by atoms with Crippen molar-refractivity contribution in [3.05, 3.63) is 65.2 Å². The molecule has 1 fully saturated rings. The highest BCUT2D eigenvalue weighted by molar-refractivity contribution is 5.92. The van der Waals surface area contributed by atoms with Crippen molar-refractivity contribution in [2.45, 2.75) is 31.8 Å². The van der Waals surface area contributed by atoms with Gasteiger partial charge in [-0.05, 0) is 43.7 Å². The third-order valence-electron chi connectivity index (χ3n) is 5.47. The van der Waals surface area contributed by atoms with Crippen molar-refractivity contribution in [1.82, 2.24) is 25.3 Å². The summed E-state index contributed by atoms with van der Waals surface area (Å²) in [5.41, 5.74) is 3.17. The van der Waals surface area contributed by atoms with Crippen LogP contribution in [0.15, 0.2) is 41.1 Å². The Kier molecular flexibility index (Phi) is 4.55. The zero-order valence-corrected chi connectivity index (χ0v) is 15.8. The Balaban J connectivity index is 1.31. The number of benzene rings is 1. The van der Waals surface area contributed by atoms with E-state index in [1.54, 1.807) is 23.1 Å². The van der Waals surface area contributed by atoms with Gasteiger partial charge in [-0.3, -0.25) is 4.79 Å². The summed E-state index contributed by atoms with van der Waals surface area (Å²) in [5, 5.41) is 7.37. The summed E-state index contributed by atoms with van der Waals surface area (Å²) in [4.78, 5) is 23.8. The second kappa shape index (κ2) is 7.36. The molecule has 7 nitrogen and oxygen atoms in total. The largest absolute Gasteiger partial charge is 0.350 e. The van der Waals surface area contributed by atoms with Gasteiger partial charge in [0.25, 0.3) is 5.91 Å². The minimum Gasteiger partial charge on any atom is -0.350 e. The lowest BCUT2D eigenvalue weighted by Gasteiger charge is -2.27. The molecule has 0 aliphatic carbocycles. The van der Waals surface area contributed by atoms with E-state index < -0.39 is 0 Å². The summed E-state index contributed by atoms with van der Waals surface area (Å²) in [6.45, 7) is 2.01. The molecule has 0 spiro atoms. The smallest absolute Gasteiger partial charge is 0.292 e. The molecule has 2 aliphatic rings. The number of carbonyl (C=O) groups is 1. The maximum atomic E-state index is 13.1. The molecule has 4 heterocycles. The topological polar surface area (TPSA) is 84.2 Å². The van der Waals surface area contributed by atoms with Crippen molar-refractivity contribution in [2.24, 2.45) is 0 Å². The van der Waals surface area contributed by atoms with E-state index in [9.17, 15) is 9.18 Å². The Morgan fingerprint density at radius 3 is 2.93 bits per heavy atom. The summed E-state index contributed by atoms with van der Waals surface area (Å²) in [7, 11) is 0. The van der Waals surface area contributed by atoms with Gasteiger partial charge in [0.1, 0.15) is 17.3 Å². The van der Waals surface area contributed by atoms with Gasteiger partial charge >= 0.3 is 0 Å². The molecule has 2 aromatic heterocycles. The number of amides is 1. The van der Waals surface area contributed by atoms with Crippen molar-refractivity contribution in [2.75, 3.05) is 13.1 Å². The van der Waals surface area contributed by atoms with Crippen molar-refractivity contribution in [3.63, 3.8) is 0 Å². The lowest BCUT2D eigenvalue weighted by atomic mass is 10.1. The number of rotatable bonds is 3. The number of nitrogens with zero attached hydrogens (tertiary/aromatic N) is 4. The lowest BCUT2D eigenvalue weighted by molar-refractivity contribution is 0.0691. The highest BCUT2D eigenvalue weighted by atomic mass is 19.1. The fourth-order valence-corrected chi connectivity index (χ4v) is 3.87. The summed E-state index contributed by atoms with van der Waals surface area (Å²) in [6, 6.07) is 7.74. The second-order valence-electron chi connectivity index (χ2n) is 7.41. The van der Waals surface area contributed by atoms with Crippen molar-refractivity contribution >= 4 is 5.91 Å². The van der Waals surface area contributed by atoms with E-state index >= 15 is 0 Å². The molecule has 1 aromatic carbocycles. The Bertz CT molecular complexity index is 1040. The van der Waals surface area contributed by atoms with Crippen molar-refractivity contribution in [3.8, 4) is 11.3 Å². The number of aromatic nitrogens is 3. The van der Waals surface area contributed by atoms with Crippen molar-refractivity contribution < 1.29 is 13.7 Å². The molecular formula is C21H20FN5O2. The molecule has 0 saturated carbocycles. The van der Waals surface area contributed by atoms with Crippen LogP contribution >= 0.6 is 0 Å². The molecule has 2 aliphatic heterocycles. The van der Waals surface area contributed by atoms with Gasteiger partial charge in [0.15, 0.2) is 0 Å². The van der Waals surface area contributed by atoms with E-state index in [1.165, 1.54) is 12.1 Å². The molecule has 1 amide bonds. The zero-order chi connectivity index (χ0) is 19.8. The van der Waals surface area contributed by atoms with Crippen LogP contribution in [-0.2, 0) is 13.0 Å². The van der Waals surface area contributed by atoms with E-state index in [-0.39, 0.29) is 23.5 Å². The maximum Gasteiger partial charge on any atom is 0.292 e. The number of nitrogens with one attached hydrogen (secondary N) is 1. The van der Waals surface area contributed by atoms with Gasteiger partial charge in [0.05, 0.1) is 11.7 Å². The average molecular weight is 393 g/mol. The SMILES string of the molecule is O=C(c1cc(-c2ccc(F)cc2)no1)N1CCc2nc([C@@H]3CCCN3)ncc2C1. The number of carbonyl (C=O) groups excluding carboxylic acids is 1. The van der Waals surface area contributed by atoms with Gasteiger partial charge < -0.3 is 14.7 Å². The first-order valence-electron chi connectivity index (χ1n) is 9.77. The predicted molar refractivity (Wildman–Crippen MR) is 102 cm³/mol. The predicted octanol–water partition coefficient (Wildman–Crippen LogP) is 2.89. The molecule has 3 aromatic rings. The Morgan fingerprint density at radius 1 is 1.28 bits per heavy atom. The molecule has 0 radical (unpaired) electrons. The zero-order valence-electron chi connectivity index (χ0n) is 15.8. The van der Waals surface area contributed by atoms with Gasteiger partial charge in [-0.25, -0.2) is 14.4 Å². The average Bonchev–Trinajstić information content (AvgIpc) is 3.45. The summed E-state index contributed by atoms with van der Waals surface area (Å²) in [6.07, 6.45) is 4.72. The molecule has 0 unspecified atom stereocenters. The highest BCUT2D eigenvalue weighted by Gasteiger charge is 2.27. The normalized spacial score (nSPS) is 18.7. The molecule has 0 bridgehead atoms. The fourth-order valence-electron chi connectivity index (χ4n) is 3.87. The first-order chi connectivity index (χ1) is 14.2. The first-order valence-corrected chi connectivity index (χ1v) is 9.77. The molecule has 29 heavy (non-hydrogen) atoms. The summed E-state index contributed by atoms with van der Waals surface area (Å²) < 4.78 is 18.4. The fraction of sp³-hybridized carbons (Fsp3) is 0.333. The van der Waals surface area contributed by atoms with Crippen LogP contribution < -0.4 is 5.32 Å². The second-order valence-corrected chi connectivity index (χ2v) is 7.41. The maximum absolute atomic E-state index is 13.1. The Morgan fingerprint density at radius 2 is 2.14 bits per heavy atom. The minimum absolute atomic E-state index is 0.167. The van der Waals surface area contributed by atoms with E-state index in [0.717, 1.165) is 36.5 Å². The third kappa shape index (κ3) is 3.51. The number of hydrogen-bond acceptors (Lipinski definition) is 6. The van der Waals surface area contributed by atoms with Gasteiger partial charge in [-0.15, -0.1) is 0 Å². The van der Waals surface area contributed by atoms with E-state index in [4.69, 9.17) is 9.51 Å². The van der Waals surface area contributed by atoms with Crippen LogP contribution in [0.4, 0.5) is 4.39 Å². The van der Waals surface area contributed by atoms with Crippen LogP contribution in [0.25, 0.3) is 11.3 Å². The molecule has 5 rings (SSSR count). The molecule has 8 heteroatoms.